The molecule has 2 heterocycles. The number of ether oxygens (including phenoxy) is 1. The Hall–Kier alpha value is -2.18. The molecule has 0 atom stereocenters. The molecule has 1 aromatic carbocycles. The van der Waals surface area contributed by atoms with Gasteiger partial charge < -0.3 is 4.74 Å². The van der Waals surface area contributed by atoms with E-state index in [2.05, 4.69) is 15.0 Å². The number of fused-ring (bicyclic) bond motifs is 1. The van der Waals surface area contributed by atoms with Gasteiger partial charge in [0.1, 0.15) is 5.52 Å². The lowest BCUT2D eigenvalue weighted by atomic mass is 10.2. The first-order chi connectivity index (χ1) is 11.2. The summed E-state index contributed by atoms with van der Waals surface area (Å²) < 4.78 is 5.44. The van der Waals surface area contributed by atoms with Crippen LogP contribution in [0.3, 0.4) is 0 Å². The zero-order valence-corrected chi connectivity index (χ0v) is 13.8. The standard InChI is InChI=1S/C16H12ClN3O2S/c1-2-23-16-19-9-11(17)14(20-16)15(21)22-12-7-3-5-10-6-4-8-18-13(10)12/h3-9H,2H2,1H3. The second-order valence-corrected chi connectivity index (χ2v) is 6.14. The predicted octanol–water partition coefficient (Wildman–Crippen LogP) is 4.01. The van der Waals surface area contributed by atoms with Gasteiger partial charge in [-0.1, -0.05) is 48.5 Å². The van der Waals surface area contributed by atoms with Crippen molar-refractivity contribution in [1.82, 2.24) is 15.0 Å². The van der Waals surface area contributed by atoms with Crippen LogP contribution in [0.4, 0.5) is 0 Å². The minimum atomic E-state index is -0.631. The molecule has 3 rings (SSSR count). The Balaban J connectivity index is 1.93. The lowest BCUT2D eigenvalue weighted by molar-refractivity contribution is 0.0729. The van der Waals surface area contributed by atoms with Crippen molar-refractivity contribution in [3.8, 4) is 5.75 Å². The molecule has 0 unspecified atom stereocenters. The first kappa shape index (κ1) is 15.7. The Morgan fingerprint density at radius 1 is 1.26 bits per heavy atom. The summed E-state index contributed by atoms with van der Waals surface area (Å²) in [6, 6.07) is 9.10. The van der Waals surface area contributed by atoms with Crippen LogP contribution in [0.15, 0.2) is 47.9 Å². The number of esters is 1. The van der Waals surface area contributed by atoms with Crippen molar-refractivity contribution in [1.29, 1.82) is 0 Å². The molecule has 0 saturated heterocycles. The summed E-state index contributed by atoms with van der Waals surface area (Å²) in [6.07, 6.45) is 3.05. The third-order valence-electron chi connectivity index (χ3n) is 2.99. The third-order valence-corrected chi connectivity index (χ3v) is 4.01. The lowest BCUT2D eigenvalue weighted by Gasteiger charge is -2.08. The van der Waals surface area contributed by atoms with Crippen molar-refractivity contribution < 1.29 is 9.53 Å². The monoisotopic (exact) mass is 345 g/mol. The molecule has 0 aliphatic heterocycles. The van der Waals surface area contributed by atoms with Crippen molar-refractivity contribution in [3.63, 3.8) is 0 Å². The molecule has 5 nitrogen and oxygen atoms in total. The normalized spacial score (nSPS) is 10.7. The summed E-state index contributed by atoms with van der Waals surface area (Å²) in [7, 11) is 0. The Labute approximate surface area is 142 Å². The summed E-state index contributed by atoms with van der Waals surface area (Å²) in [5, 5.41) is 1.53. The first-order valence-corrected chi connectivity index (χ1v) is 8.26. The molecule has 0 amide bonds. The van der Waals surface area contributed by atoms with Crippen molar-refractivity contribution in [2.24, 2.45) is 0 Å². The van der Waals surface area contributed by atoms with Crippen LogP contribution in [0, 0.1) is 0 Å². The van der Waals surface area contributed by atoms with Crippen LogP contribution in [-0.2, 0) is 0 Å². The SMILES string of the molecule is CCSc1ncc(Cl)c(C(=O)Oc2cccc3cccnc23)n1. The fourth-order valence-electron chi connectivity index (χ4n) is 2.00. The molecule has 0 fully saturated rings. The van der Waals surface area contributed by atoms with Gasteiger partial charge in [0.25, 0.3) is 0 Å². The Bertz CT molecular complexity index is 868. The predicted molar refractivity (Wildman–Crippen MR) is 90.1 cm³/mol. The molecular formula is C16H12ClN3O2S. The quantitative estimate of drug-likeness (QED) is 0.308. The number of halogens is 1. The van der Waals surface area contributed by atoms with Gasteiger partial charge in [-0.3, -0.25) is 4.98 Å². The van der Waals surface area contributed by atoms with Crippen LogP contribution in [0.5, 0.6) is 5.75 Å². The Morgan fingerprint density at radius 2 is 2.09 bits per heavy atom. The number of pyridine rings is 1. The topological polar surface area (TPSA) is 65.0 Å². The van der Waals surface area contributed by atoms with E-state index in [4.69, 9.17) is 16.3 Å². The highest BCUT2D eigenvalue weighted by atomic mass is 35.5. The number of carbonyl (C=O) groups is 1. The molecule has 7 heteroatoms. The zero-order chi connectivity index (χ0) is 16.2. The first-order valence-electron chi connectivity index (χ1n) is 6.90. The molecule has 0 aliphatic carbocycles. The minimum absolute atomic E-state index is 0.0468. The van der Waals surface area contributed by atoms with E-state index in [9.17, 15) is 4.79 Å². The van der Waals surface area contributed by atoms with Crippen molar-refractivity contribution in [3.05, 3.63) is 53.4 Å². The van der Waals surface area contributed by atoms with E-state index in [0.717, 1.165) is 11.1 Å². The number of carbonyl (C=O) groups excluding carboxylic acids is 1. The summed E-state index contributed by atoms with van der Waals surface area (Å²) in [5.74, 6) is 0.532. The van der Waals surface area contributed by atoms with Crippen LogP contribution in [0.25, 0.3) is 10.9 Å². The van der Waals surface area contributed by atoms with E-state index >= 15 is 0 Å². The molecule has 0 aliphatic rings. The molecule has 0 radical (unpaired) electrons. The molecule has 0 bridgehead atoms. The van der Waals surface area contributed by atoms with E-state index in [-0.39, 0.29) is 10.7 Å². The molecule has 0 saturated carbocycles. The minimum Gasteiger partial charge on any atom is -0.419 e. The highest BCUT2D eigenvalue weighted by Gasteiger charge is 2.18. The summed E-state index contributed by atoms with van der Waals surface area (Å²) in [5.41, 5.74) is 0.655. The Kier molecular flexibility index (Phi) is 4.73. The van der Waals surface area contributed by atoms with Crippen LogP contribution in [-0.4, -0.2) is 26.7 Å². The van der Waals surface area contributed by atoms with Crippen molar-refractivity contribution in [2.75, 3.05) is 5.75 Å². The number of benzene rings is 1. The number of hydrogen-bond acceptors (Lipinski definition) is 6. The fourth-order valence-corrected chi connectivity index (χ4v) is 2.71. The number of rotatable bonds is 4. The smallest absolute Gasteiger partial charge is 0.364 e. The van der Waals surface area contributed by atoms with Gasteiger partial charge in [-0.05, 0) is 17.9 Å². The maximum absolute atomic E-state index is 12.4. The second kappa shape index (κ2) is 6.93. The molecule has 0 spiro atoms. The van der Waals surface area contributed by atoms with Gasteiger partial charge >= 0.3 is 5.97 Å². The van der Waals surface area contributed by atoms with Gasteiger partial charge in [0.05, 0.1) is 11.2 Å². The lowest BCUT2D eigenvalue weighted by Crippen LogP contribution is -2.13. The van der Waals surface area contributed by atoms with Crippen molar-refractivity contribution >= 4 is 40.2 Å². The van der Waals surface area contributed by atoms with E-state index in [0.29, 0.717) is 16.4 Å². The number of nitrogens with zero attached hydrogens (tertiary/aromatic N) is 3. The molecule has 2 aromatic heterocycles. The van der Waals surface area contributed by atoms with E-state index in [1.54, 1.807) is 18.3 Å². The zero-order valence-electron chi connectivity index (χ0n) is 12.2. The Morgan fingerprint density at radius 3 is 2.91 bits per heavy atom. The van der Waals surface area contributed by atoms with Gasteiger partial charge in [-0.15, -0.1) is 0 Å². The largest absolute Gasteiger partial charge is 0.419 e. The maximum atomic E-state index is 12.4. The van der Waals surface area contributed by atoms with Gasteiger partial charge in [-0.25, -0.2) is 14.8 Å². The number of para-hydroxylation sites is 1. The van der Waals surface area contributed by atoms with Gasteiger partial charge in [-0.2, -0.15) is 0 Å². The molecule has 0 N–H and O–H groups in total. The second-order valence-electron chi connectivity index (χ2n) is 4.50. The average molecular weight is 346 g/mol. The molecule has 23 heavy (non-hydrogen) atoms. The van der Waals surface area contributed by atoms with E-state index < -0.39 is 5.97 Å². The van der Waals surface area contributed by atoms with E-state index in [1.807, 2.05) is 25.1 Å². The number of thioether (sulfide) groups is 1. The van der Waals surface area contributed by atoms with Gasteiger partial charge in [0.15, 0.2) is 16.6 Å². The molecular weight excluding hydrogens is 334 g/mol. The average Bonchev–Trinajstić information content (AvgIpc) is 2.57. The molecule has 3 aromatic rings. The third kappa shape index (κ3) is 3.43. The maximum Gasteiger partial charge on any atom is 0.364 e. The van der Waals surface area contributed by atoms with Crippen LogP contribution < -0.4 is 4.74 Å². The van der Waals surface area contributed by atoms with E-state index in [1.165, 1.54) is 18.0 Å². The summed E-state index contributed by atoms with van der Waals surface area (Å²) in [4.78, 5) is 24.9. The summed E-state index contributed by atoms with van der Waals surface area (Å²) >= 11 is 7.45. The number of hydrogen-bond donors (Lipinski definition) is 0. The van der Waals surface area contributed by atoms with Crippen LogP contribution in [0.2, 0.25) is 5.02 Å². The van der Waals surface area contributed by atoms with Crippen LogP contribution >= 0.6 is 23.4 Å². The van der Waals surface area contributed by atoms with Gasteiger partial charge in [0, 0.05) is 11.6 Å². The highest BCUT2D eigenvalue weighted by Crippen LogP contribution is 2.25. The van der Waals surface area contributed by atoms with Crippen molar-refractivity contribution in [2.45, 2.75) is 12.1 Å². The highest BCUT2D eigenvalue weighted by molar-refractivity contribution is 7.99. The van der Waals surface area contributed by atoms with Gasteiger partial charge in [0.2, 0.25) is 0 Å². The number of aromatic nitrogens is 3. The van der Waals surface area contributed by atoms with Crippen LogP contribution in [0.1, 0.15) is 17.4 Å². The molecule has 116 valence electrons. The fraction of sp³-hybridized carbons (Fsp3) is 0.125. The summed E-state index contributed by atoms with van der Waals surface area (Å²) in [6.45, 7) is 1.97.